The number of carbonyl (C=O) groups excluding carboxylic acids is 1. The van der Waals surface area contributed by atoms with E-state index in [4.69, 9.17) is 5.73 Å². The minimum atomic E-state index is 0.289. The van der Waals surface area contributed by atoms with E-state index in [9.17, 15) is 4.79 Å². The average Bonchev–Trinajstić information content (AvgIpc) is 2.40. The van der Waals surface area contributed by atoms with Crippen LogP contribution in [0.1, 0.15) is 44.6 Å². The molecule has 0 aromatic heterocycles. The Morgan fingerprint density at radius 3 is 2.63 bits per heavy atom. The summed E-state index contributed by atoms with van der Waals surface area (Å²) in [5, 5.41) is 0. The summed E-state index contributed by atoms with van der Waals surface area (Å²) >= 11 is 0. The molecule has 0 atom stereocenters. The quantitative estimate of drug-likeness (QED) is 0.787. The van der Waals surface area contributed by atoms with Gasteiger partial charge in [-0.05, 0) is 61.8 Å². The van der Waals surface area contributed by atoms with E-state index in [-0.39, 0.29) is 5.91 Å². The van der Waals surface area contributed by atoms with Crippen molar-refractivity contribution in [1.82, 2.24) is 0 Å². The van der Waals surface area contributed by atoms with Gasteiger partial charge in [0, 0.05) is 23.8 Å². The van der Waals surface area contributed by atoms with Crippen LogP contribution < -0.4 is 10.6 Å². The van der Waals surface area contributed by atoms with Crippen LogP contribution in [0.15, 0.2) is 18.2 Å². The zero-order chi connectivity index (χ0) is 13.4. The molecule has 1 saturated carbocycles. The summed E-state index contributed by atoms with van der Waals surface area (Å²) in [5.41, 5.74) is 8.99. The zero-order valence-corrected chi connectivity index (χ0v) is 11.6. The van der Waals surface area contributed by atoms with Gasteiger partial charge in [-0.1, -0.05) is 6.92 Å². The number of rotatable bonds is 1. The molecule has 102 valence electrons. The number of nitrogens with two attached hydrogens (primary N) is 1. The molecule has 19 heavy (non-hydrogen) atoms. The third-order valence-electron chi connectivity index (χ3n) is 4.59. The molecule has 3 heteroatoms. The Balaban J connectivity index is 1.90. The van der Waals surface area contributed by atoms with E-state index in [1.165, 1.54) is 18.4 Å². The van der Waals surface area contributed by atoms with E-state index in [0.29, 0.717) is 12.5 Å². The summed E-state index contributed by atoms with van der Waals surface area (Å²) in [4.78, 5) is 14.4. The number of benzene rings is 1. The number of anilines is 2. The van der Waals surface area contributed by atoms with Gasteiger partial charge < -0.3 is 10.6 Å². The maximum absolute atomic E-state index is 12.3. The Morgan fingerprint density at radius 1 is 1.16 bits per heavy atom. The Labute approximate surface area is 114 Å². The van der Waals surface area contributed by atoms with Crippen LogP contribution in [0.25, 0.3) is 0 Å². The maximum atomic E-state index is 12.3. The van der Waals surface area contributed by atoms with Crippen LogP contribution in [0.5, 0.6) is 0 Å². The summed E-state index contributed by atoms with van der Waals surface area (Å²) in [6.07, 6.45) is 6.20. The Hall–Kier alpha value is -1.51. The summed E-state index contributed by atoms with van der Waals surface area (Å²) in [7, 11) is 0. The molecule has 1 aliphatic carbocycles. The van der Waals surface area contributed by atoms with Gasteiger partial charge in [-0.15, -0.1) is 0 Å². The molecule has 2 N–H and O–H groups in total. The molecule has 1 aliphatic heterocycles. The van der Waals surface area contributed by atoms with Gasteiger partial charge in [0.15, 0.2) is 0 Å². The first kappa shape index (κ1) is 12.5. The third kappa shape index (κ3) is 2.34. The van der Waals surface area contributed by atoms with Gasteiger partial charge in [0.05, 0.1) is 0 Å². The first-order valence-corrected chi connectivity index (χ1v) is 7.35. The second-order valence-electron chi connectivity index (χ2n) is 6.07. The second-order valence-corrected chi connectivity index (χ2v) is 6.07. The number of fused-ring (bicyclic) bond motifs is 1. The van der Waals surface area contributed by atoms with Crippen molar-refractivity contribution in [3.05, 3.63) is 23.8 Å². The fourth-order valence-electron chi connectivity index (χ4n) is 3.44. The molecule has 2 aliphatic rings. The predicted molar refractivity (Wildman–Crippen MR) is 78.1 cm³/mol. The standard InChI is InChI=1S/C16H22N2O/c1-11-2-6-14(7-3-11)18-15-8-5-13(17)10-12(15)4-9-16(18)19/h5,8,10-11,14H,2-4,6-7,9,17H2,1H3. The average molecular weight is 258 g/mol. The first-order valence-electron chi connectivity index (χ1n) is 7.35. The van der Waals surface area contributed by atoms with Gasteiger partial charge in [0.1, 0.15) is 0 Å². The number of hydrogen-bond acceptors (Lipinski definition) is 2. The molecular formula is C16H22N2O. The molecule has 0 saturated heterocycles. The molecule has 1 aromatic rings. The highest BCUT2D eigenvalue weighted by molar-refractivity contribution is 5.97. The number of nitrogen functional groups attached to an aromatic ring is 1. The Bertz CT molecular complexity index is 490. The van der Waals surface area contributed by atoms with Crippen molar-refractivity contribution in [2.24, 2.45) is 5.92 Å². The highest BCUT2D eigenvalue weighted by atomic mass is 16.2. The molecule has 3 nitrogen and oxygen atoms in total. The van der Waals surface area contributed by atoms with Crippen molar-refractivity contribution in [2.75, 3.05) is 10.6 Å². The van der Waals surface area contributed by atoms with E-state index >= 15 is 0 Å². The summed E-state index contributed by atoms with van der Waals surface area (Å²) in [5.74, 6) is 1.10. The van der Waals surface area contributed by atoms with Crippen molar-refractivity contribution < 1.29 is 4.79 Å². The number of carbonyl (C=O) groups is 1. The van der Waals surface area contributed by atoms with Crippen molar-refractivity contribution in [3.8, 4) is 0 Å². The normalized spacial score (nSPS) is 27.2. The monoisotopic (exact) mass is 258 g/mol. The van der Waals surface area contributed by atoms with E-state index in [1.807, 2.05) is 18.2 Å². The van der Waals surface area contributed by atoms with Crippen molar-refractivity contribution >= 4 is 17.3 Å². The number of nitrogens with zero attached hydrogens (tertiary/aromatic N) is 1. The van der Waals surface area contributed by atoms with Crippen molar-refractivity contribution in [3.63, 3.8) is 0 Å². The SMILES string of the molecule is CC1CCC(N2C(=O)CCc3cc(N)ccc32)CC1. The summed E-state index contributed by atoms with van der Waals surface area (Å²) < 4.78 is 0. The first-order chi connectivity index (χ1) is 9.15. The molecular weight excluding hydrogens is 236 g/mol. The fourth-order valence-corrected chi connectivity index (χ4v) is 3.44. The highest BCUT2D eigenvalue weighted by Crippen LogP contribution is 2.36. The van der Waals surface area contributed by atoms with Gasteiger partial charge >= 0.3 is 0 Å². The lowest BCUT2D eigenvalue weighted by molar-refractivity contribution is -0.119. The van der Waals surface area contributed by atoms with Crippen molar-refractivity contribution in [2.45, 2.75) is 51.5 Å². The van der Waals surface area contributed by atoms with Gasteiger partial charge in [0.2, 0.25) is 5.91 Å². The molecule has 1 aromatic carbocycles. The maximum Gasteiger partial charge on any atom is 0.227 e. The lowest BCUT2D eigenvalue weighted by atomic mass is 9.85. The molecule has 1 fully saturated rings. The smallest absolute Gasteiger partial charge is 0.227 e. The van der Waals surface area contributed by atoms with Gasteiger partial charge in [-0.25, -0.2) is 0 Å². The van der Waals surface area contributed by atoms with Crippen LogP contribution in [-0.4, -0.2) is 11.9 Å². The Morgan fingerprint density at radius 2 is 1.89 bits per heavy atom. The van der Waals surface area contributed by atoms with E-state index in [1.54, 1.807) is 0 Å². The van der Waals surface area contributed by atoms with Gasteiger partial charge in [-0.3, -0.25) is 4.79 Å². The Kier molecular flexibility index (Phi) is 3.21. The van der Waals surface area contributed by atoms with E-state index in [2.05, 4.69) is 11.8 Å². The number of amides is 1. The lowest BCUT2D eigenvalue weighted by Crippen LogP contribution is -2.44. The predicted octanol–water partition coefficient (Wildman–Crippen LogP) is 3.13. The van der Waals surface area contributed by atoms with Crippen LogP contribution in [-0.2, 0) is 11.2 Å². The van der Waals surface area contributed by atoms with Crippen LogP contribution in [0, 0.1) is 5.92 Å². The van der Waals surface area contributed by atoms with E-state index < -0.39 is 0 Å². The lowest BCUT2D eigenvalue weighted by Gasteiger charge is -2.39. The second kappa shape index (κ2) is 4.87. The molecule has 1 amide bonds. The largest absolute Gasteiger partial charge is 0.399 e. The number of aryl methyl sites for hydroxylation is 1. The molecule has 0 unspecified atom stereocenters. The van der Waals surface area contributed by atoms with Crippen LogP contribution in [0.4, 0.5) is 11.4 Å². The van der Waals surface area contributed by atoms with Gasteiger partial charge in [-0.2, -0.15) is 0 Å². The van der Waals surface area contributed by atoms with E-state index in [0.717, 1.165) is 36.6 Å². The molecule has 1 heterocycles. The van der Waals surface area contributed by atoms with Crippen LogP contribution in [0.2, 0.25) is 0 Å². The molecule has 0 bridgehead atoms. The zero-order valence-electron chi connectivity index (χ0n) is 11.6. The minimum absolute atomic E-state index is 0.289. The fraction of sp³-hybridized carbons (Fsp3) is 0.562. The molecule has 0 radical (unpaired) electrons. The van der Waals surface area contributed by atoms with Crippen molar-refractivity contribution in [1.29, 1.82) is 0 Å². The minimum Gasteiger partial charge on any atom is -0.399 e. The van der Waals surface area contributed by atoms with Crippen LogP contribution >= 0.6 is 0 Å². The highest BCUT2D eigenvalue weighted by Gasteiger charge is 2.32. The summed E-state index contributed by atoms with van der Waals surface area (Å²) in [6, 6.07) is 6.36. The third-order valence-corrected chi connectivity index (χ3v) is 4.59. The summed E-state index contributed by atoms with van der Waals surface area (Å²) in [6.45, 7) is 2.31. The number of hydrogen-bond donors (Lipinski definition) is 1. The molecule has 0 spiro atoms. The van der Waals surface area contributed by atoms with Crippen LogP contribution in [0.3, 0.4) is 0 Å². The molecule has 3 rings (SSSR count). The topological polar surface area (TPSA) is 46.3 Å². The van der Waals surface area contributed by atoms with Gasteiger partial charge in [0.25, 0.3) is 0 Å².